The monoisotopic (exact) mass is 1730 g/mol. The van der Waals surface area contributed by atoms with Gasteiger partial charge in [-0.1, -0.05) is 428 Å². The first kappa shape index (κ1) is 111. The molecule has 4 aromatic carbocycles. The average Bonchev–Trinajstić information content (AvgIpc) is 0.810. The number of aryl methyl sites for hydroxylation is 4. The predicted octanol–water partition coefficient (Wildman–Crippen LogP) is 33.1. The van der Waals surface area contributed by atoms with Crippen molar-refractivity contribution in [2.45, 2.75) is 479 Å². The average molecular weight is 1740 g/mol. The molecule has 0 bridgehead atoms. The molecule has 0 aliphatic rings. The largest absolute Gasteiger partial charge is 2.00 e. The van der Waals surface area contributed by atoms with E-state index in [0.717, 1.165) is 113 Å². The zero-order chi connectivity index (χ0) is 85.8. The molecule has 0 saturated heterocycles. The summed E-state index contributed by atoms with van der Waals surface area (Å²) in [5.74, 6) is 2.25. The van der Waals surface area contributed by atoms with E-state index in [-0.39, 0.29) is 31.5 Å². The molecule has 0 unspecified atom stereocenters. The molecule has 0 aromatic heterocycles. The molecule has 0 spiro atoms. The summed E-state index contributed by atoms with van der Waals surface area (Å²) in [5, 5.41) is 59.6. The fourth-order valence-electron chi connectivity index (χ4n) is 15.9. The molecule has 0 atom stereocenters. The maximum atomic E-state index is 11.5. The second kappa shape index (κ2) is 79.3. The van der Waals surface area contributed by atoms with Crippen molar-refractivity contribution >= 4 is 34.7 Å². The minimum atomic E-state index is -1.27. The maximum Gasteiger partial charge on any atom is 2.00 e. The van der Waals surface area contributed by atoms with Crippen LogP contribution in [0.15, 0.2) is 95.0 Å². The van der Waals surface area contributed by atoms with Gasteiger partial charge in [0.15, 0.2) is 0 Å². The number of unbranched alkanes of at least 4 members (excludes halogenated alkanes) is 53. The van der Waals surface area contributed by atoms with Crippen LogP contribution in [-0.2, 0) is 46.1 Å². The summed E-state index contributed by atoms with van der Waals surface area (Å²) in [6.45, 7) is 16.6. The minimum Gasteiger partial charge on any atom is -0.869 e. The summed E-state index contributed by atoms with van der Waals surface area (Å²) >= 11 is 0. The van der Waals surface area contributed by atoms with Crippen LogP contribution in [0.2, 0.25) is 0 Å². The number of benzene rings is 4. The van der Waals surface area contributed by atoms with Crippen LogP contribution in [0.1, 0.15) is 494 Å². The van der Waals surface area contributed by atoms with Gasteiger partial charge in [-0.25, -0.2) is 14.6 Å². The van der Waals surface area contributed by atoms with Crippen LogP contribution in [0.25, 0.3) is 0 Å². The molecule has 10 nitrogen and oxygen atoms in total. The molecule has 0 saturated carbocycles. The number of phenols is 2. The summed E-state index contributed by atoms with van der Waals surface area (Å²) in [4.78, 5) is 33.0. The number of phenolic OH excluding ortho intramolecular Hbond substituents is 2. The van der Waals surface area contributed by atoms with Crippen molar-refractivity contribution in [3.63, 3.8) is 0 Å². The van der Waals surface area contributed by atoms with E-state index in [2.05, 4.69) is 112 Å². The van der Waals surface area contributed by atoms with E-state index in [1.807, 2.05) is 13.8 Å². The third-order valence-corrected chi connectivity index (χ3v) is 23.5. The zero-order valence-electron chi connectivity index (χ0n) is 77.4. The first-order valence-electron chi connectivity index (χ1n) is 49.3. The Labute approximate surface area is 744 Å². The SMILES string of the molecule is CCCCCCCCCCCCCCCCCCC#CC(=Nc1ccccc1CCCC=CCCCCCCCCCCCCCCCCCC)C(CCCC)=Nc1ccccc1CCCC=CCCCCCCCCCCCCCCCCCC.CCCCc1c(C)cc(O)c([O-])c1C(=O)O.CCCCc1c(C)cc(O)c([O-])c1C(=O)O.[Pd+2]. The molecule has 119 heavy (non-hydrogen) atoms. The fourth-order valence-corrected chi connectivity index (χ4v) is 15.9. The van der Waals surface area contributed by atoms with Gasteiger partial charge in [-0.05, 0) is 187 Å². The number of aromatic hydroxyl groups is 2. The summed E-state index contributed by atoms with van der Waals surface area (Å²) in [6, 6.07) is 20.5. The van der Waals surface area contributed by atoms with Crippen molar-refractivity contribution in [2.24, 2.45) is 9.98 Å². The van der Waals surface area contributed by atoms with Gasteiger partial charge in [0, 0.05) is 6.42 Å². The van der Waals surface area contributed by atoms with Crippen molar-refractivity contribution in [1.82, 2.24) is 0 Å². The van der Waals surface area contributed by atoms with Gasteiger partial charge >= 0.3 is 32.4 Å². The Morgan fingerprint density at radius 3 is 0.916 bits per heavy atom. The molecule has 4 N–H and O–H groups in total. The van der Waals surface area contributed by atoms with Gasteiger partial charge in [0.25, 0.3) is 0 Å². The number of aromatic carboxylic acids is 2. The second-order valence-corrected chi connectivity index (χ2v) is 34.3. The Hall–Kier alpha value is -5.94. The number of aliphatic imine (C=N–C) groups is 2. The van der Waals surface area contributed by atoms with Crippen LogP contribution >= 0.6 is 0 Å². The molecule has 0 aliphatic carbocycles. The number of rotatable bonds is 72. The van der Waals surface area contributed by atoms with Crippen LogP contribution < -0.4 is 10.2 Å². The van der Waals surface area contributed by atoms with Crippen molar-refractivity contribution in [3.8, 4) is 34.8 Å². The fraction of sp³-hybridized carbons (Fsp3) is 0.685. The maximum absolute atomic E-state index is 11.5. The quantitative estimate of drug-likeness (QED) is 0.0111. The van der Waals surface area contributed by atoms with Crippen molar-refractivity contribution in [2.75, 3.05) is 0 Å². The summed E-state index contributed by atoms with van der Waals surface area (Å²) in [5.41, 5.74) is 8.60. The molecule has 4 aromatic rings. The Bertz CT molecular complexity index is 3260. The van der Waals surface area contributed by atoms with E-state index in [0.29, 0.717) is 35.1 Å². The molecule has 0 radical (unpaired) electrons. The van der Waals surface area contributed by atoms with Gasteiger partial charge in [0.05, 0.1) is 28.2 Å². The number of para-hydroxylation sites is 2. The second-order valence-electron chi connectivity index (χ2n) is 34.3. The standard InChI is InChI=1S/C84H144N2.2C12H16O4.Pd/c1-5-9-13-16-19-22-25-28-31-34-37-39-41-43-46-49-52-55-58-61-64-71-79-73-67-69-76-81(79)85-83(75-12-8-4)84(78-66-63-60-57-54-51-48-45-36-33-30-27-24-21-18-15-11-7-3)86-82-77-70-68-74-80(82)72-65-62-59-56-53-50-47-44-42-40-38-35-32-29-26-23-20-17-14-10-6-2;2*1-3-4-5-8-7(2)6-9(13)11(14)10(8)12(15)16;/h55-56,58-59,67-70,73-74,76-77H,5-54,57,60-65,71-72,75H2,1-4H3;2*6,13-14H,3-5H2,1-2H3,(H,15,16);/q;;;+2/p-2. The van der Waals surface area contributed by atoms with E-state index in [1.165, 1.54) is 344 Å². The number of carboxylic acids is 2. The molecule has 4 rings (SSSR count). The van der Waals surface area contributed by atoms with Crippen LogP contribution in [0.5, 0.6) is 23.0 Å². The topological polar surface area (TPSA) is 186 Å². The van der Waals surface area contributed by atoms with Crippen LogP contribution in [0, 0.1) is 25.7 Å². The molecule has 0 aliphatic heterocycles. The first-order valence-corrected chi connectivity index (χ1v) is 49.3. The number of hydrogen-bond donors (Lipinski definition) is 4. The van der Waals surface area contributed by atoms with Gasteiger partial charge in [0.1, 0.15) is 17.2 Å². The van der Waals surface area contributed by atoms with E-state index in [1.54, 1.807) is 13.8 Å². The van der Waals surface area contributed by atoms with E-state index >= 15 is 0 Å². The van der Waals surface area contributed by atoms with Crippen molar-refractivity contribution in [1.29, 1.82) is 0 Å². The number of carboxylic acid groups (broad SMARTS) is 2. The van der Waals surface area contributed by atoms with E-state index < -0.39 is 34.9 Å². The number of nitrogens with zero attached hydrogens (tertiary/aromatic N) is 2. The normalized spacial score (nSPS) is 11.6. The Morgan fingerprint density at radius 2 is 0.613 bits per heavy atom. The van der Waals surface area contributed by atoms with Crippen LogP contribution in [-0.4, -0.2) is 43.8 Å². The van der Waals surface area contributed by atoms with Gasteiger partial charge in [0.2, 0.25) is 0 Å². The van der Waals surface area contributed by atoms with Crippen LogP contribution in [0.3, 0.4) is 0 Å². The molecule has 11 heteroatoms. The Morgan fingerprint density at radius 1 is 0.345 bits per heavy atom. The Balaban J connectivity index is 0.00000175. The summed E-state index contributed by atoms with van der Waals surface area (Å²) < 4.78 is 0. The summed E-state index contributed by atoms with van der Waals surface area (Å²) in [7, 11) is 0. The number of hydrogen-bond acceptors (Lipinski definition) is 8. The zero-order valence-corrected chi connectivity index (χ0v) is 78.9. The third-order valence-electron chi connectivity index (χ3n) is 23.5. The molecular formula is C108H174N2O8Pd. The molecule has 674 valence electrons. The van der Waals surface area contributed by atoms with E-state index in [9.17, 15) is 30.0 Å². The van der Waals surface area contributed by atoms with Gasteiger partial charge in [-0.2, -0.15) is 0 Å². The predicted molar refractivity (Wildman–Crippen MR) is 507 cm³/mol. The Kier molecular flexibility index (Phi) is 74.0. The smallest absolute Gasteiger partial charge is 0.869 e. The van der Waals surface area contributed by atoms with Crippen molar-refractivity contribution < 1.29 is 60.7 Å². The van der Waals surface area contributed by atoms with Crippen LogP contribution in [0.4, 0.5) is 11.4 Å². The van der Waals surface area contributed by atoms with Gasteiger partial charge in [-0.3, -0.25) is 4.99 Å². The minimum absolute atomic E-state index is 0. The van der Waals surface area contributed by atoms with Crippen molar-refractivity contribution in [3.05, 3.63) is 129 Å². The molecule has 0 fully saturated rings. The van der Waals surface area contributed by atoms with Gasteiger partial charge < -0.3 is 30.6 Å². The van der Waals surface area contributed by atoms with Gasteiger partial charge in [-0.15, -0.1) is 0 Å². The molecular weight excluding hydrogens is 1560 g/mol. The van der Waals surface area contributed by atoms with E-state index in [4.69, 9.17) is 20.2 Å². The molecule has 0 heterocycles. The first-order chi connectivity index (χ1) is 57.7. The third kappa shape index (κ3) is 57.2. The number of allylic oxidation sites excluding steroid dienone is 4. The number of carbonyl (C=O) groups is 2. The summed E-state index contributed by atoms with van der Waals surface area (Å²) in [6.07, 6.45) is 95.4. The molecule has 0 amide bonds.